The van der Waals surface area contributed by atoms with Gasteiger partial charge in [0.1, 0.15) is 0 Å². The lowest BCUT2D eigenvalue weighted by molar-refractivity contribution is 0.438. The summed E-state index contributed by atoms with van der Waals surface area (Å²) in [5.41, 5.74) is 0. The molecule has 1 nitrogen and oxygen atoms in total. The molecule has 0 aliphatic heterocycles. The van der Waals surface area contributed by atoms with Gasteiger partial charge in [-0.1, -0.05) is 39.0 Å². The number of unbranched alkanes of at least 4 members (excludes halogenated alkanes) is 4. The normalized spacial score (nSPS) is 11.4. The fourth-order valence-electron chi connectivity index (χ4n) is 1.03. The van der Waals surface area contributed by atoms with Crippen molar-refractivity contribution in [3.8, 4) is 0 Å². The van der Waals surface area contributed by atoms with Crippen LogP contribution in [-0.2, 0) is 4.43 Å². The Labute approximate surface area is 67.1 Å². The SMILES string of the molecule is CCCCCCC[SiH2]OC. The minimum atomic E-state index is -0.113. The molecule has 0 aliphatic carbocycles. The van der Waals surface area contributed by atoms with E-state index in [2.05, 4.69) is 6.92 Å². The van der Waals surface area contributed by atoms with Crippen LogP contribution in [0.25, 0.3) is 0 Å². The highest BCUT2D eigenvalue weighted by molar-refractivity contribution is 6.26. The van der Waals surface area contributed by atoms with Gasteiger partial charge >= 0.3 is 0 Å². The number of rotatable bonds is 7. The van der Waals surface area contributed by atoms with Crippen molar-refractivity contribution in [3.05, 3.63) is 0 Å². The van der Waals surface area contributed by atoms with E-state index >= 15 is 0 Å². The Morgan fingerprint density at radius 3 is 2.40 bits per heavy atom. The summed E-state index contributed by atoms with van der Waals surface area (Å²) in [6.07, 6.45) is 7.01. The van der Waals surface area contributed by atoms with Crippen LogP contribution in [0, 0.1) is 0 Å². The molecular weight excluding hydrogens is 140 g/mol. The van der Waals surface area contributed by atoms with Crippen molar-refractivity contribution in [2.75, 3.05) is 7.11 Å². The summed E-state index contributed by atoms with van der Waals surface area (Å²) in [7, 11) is 1.72. The maximum atomic E-state index is 5.09. The van der Waals surface area contributed by atoms with Crippen molar-refractivity contribution < 1.29 is 4.43 Å². The molecule has 0 unspecified atom stereocenters. The van der Waals surface area contributed by atoms with Gasteiger partial charge in [-0.2, -0.15) is 0 Å². The molecule has 10 heavy (non-hydrogen) atoms. The molecule has 62 valence electrons. The van der Waals surface area contributed by atoms with Crippen LogP contribution in [0.2, 0.25) is 6.04 Å². The Morgan fingerprint density at radius 1 is 1.10 bits per heavy atom. The highest BCUT2D eigenvalue weighted by Gasteiger charge is 1.88. The molecule has 0 radical (unpaired) electrons. The molecule has 0 aliphatic rings. The van der Waals surface area contributed by atoms with E-state index in [-0.39, 0.29) is 9.76 Å². The van der Waals surface area contributed by atoms with Crippen molar-refractivity contribution >= 4 is 9.76 Å². The molecule has 0 aromatic carbocycles. The second-order valence-electron chi connectivity index (χ2n) is 2.76. The number of hydrogen-bond donors (Lipinski definition) is 0. The largest absolute Gasteiger partial charge is 0.427 e. The van der Waals surface area contributed by atoms with Gasteiger partial charge in [0, 0.05) is 7.11 Å². The summed E-state index contributed by atoms with van der Waals surface area (Å²) in [4.78, 5) is 0. The standard InChI is InChI=1S/C8H20OSi/c1-3-4-5-6-7-8-10-9-2/h3-8,10H2,1-2H3. The summed E-state index contributed by atoms with van der Waals surface area (Å²) < 4.78 is 5.09. The van der Waals surface area contributed by atoms with Crippen LogP contribution in [0.5, 0.6) is 0 Å². The molecule has 0 spiro atoms. The van der Waals surface area contributed by atoms with Crippen LogP contribution >= 0.6 is 0 Å². The average Bonchev–Trinajstić information content (AvgIpc) is 1.97. The van der Waals surface area contributed by atoms with Gasteiger partial charge in [-0.15, -0.1) is 0 Å². The molecule has 0 saturated heterocycles. The predicted molar refractivity (Wildman–Crippen MR) is 49.1 cm³/mol. The zero-order chi connectivity index (χ0) is 7.66. The molecule has 2 heteroatoms. The zero-order valence-corrected chi connectivity index (χ0v) is 8.77. The Morgan fingerprint density at radius 2 is 1.80 bits per heavy atom. The van der Waals surface area contributed by atoms with Crippen LogP contribution in [0.4, 0.5) is 0 Å². The summed E-state index contributed by atoms with van der Waals surface area (Å²) in [6.45, 7) is 2.25. The van der Waals surface area contributed by atoms with Crippen molar-refractivity contribution in [2.45, 2.75) is 45.1 Å². The Hall–Kier alpha value is 0.177. The maximum Gasteiger partial charge on any atom is 0.161 e. The molecule has 0 rings (SSSR count). The molecular formula is C8H20OSi. The Bertz CT molecular complexity index is 49.2. The second-order valence-corrected chi connectivity index (χ2v) is 4.45. The van der Waals surface area contributed by atoms with Gasteiger partial charge < -0.3 is 4.43 Å². The van der Waals surface area contributed by atoms with Crippen molar-refractivity contribution in [1.82, 2.24) is 0 Å². The minimum absolute atomic E-state index is 0.113. The third-order valence-corrected chi connectivity index (χ3v) is 2.90. The Balaban J connectivity index is 2.65. The van der Waals surface area contributed by atoms with Crippen LogP contribution in [-0.4, -0.2) is 16.9 Å². The summed E-state index contributed by atoms with van der Waals surface area (Å²) >= 11 is 0. The van der Waals surface area contributed by atoms with Gasteiger partial charge in [0.25, 0.3) is 0 Å². The Kier molecular flexibility index (Phi) is 9.34. The maximum absolute atomic E-state index is 5.09. The first-order valence-corrected chi connectivity index (χ1v) is 5.98. The number of hydrogen-bond acceptors (Lipinski definition) is 1. The van der Waals surface area contributed by atoms with Gasteiger partial charge in [-0.05, 0) is 6.04 Å². The lowest BCUT2D eigenvalue weighted by atomic mass is 10.2. The van der Waals surface area contributed by atoms with Gasteiger partial charge in [-0.25, -0.2) is 0 Å². The van der Waals surface area contributed by atoms with Gasteiger partial charge in [0.15, 0.2) is 9.76 Å². The first kappa shape index (κ1) is 10.2. The van der Waals surface area contributed by atoms with E-state index in [0.717, 1.165) is 0 Å². The molecule has 0 saturated carbocycles. The molecule has 0 bridgehead atoms. The molecule has 0 N–H and O–H groups in total. The topological polar surface area (TPSA) is 9.23 Å². The fraction of sp³-hybridized carbons (Fsp3) is 1.00. The van der Waals surface area contributed by atoms with Crippen molar-refractivity contribution in [2.24, 2.45) is 0 Å². The third kappa shape index (κ3) is 8.18. The van der Waals surface area contributed by atoms with Crippen LogP contribution in [0.1, 0.15) is 39.0 Å². The van der Waals surface area contributed by atoms with E-state index in [9.17, 15) is 0 Å². The lowest BCUT2D eigenvalue weighted by Gasteiger charge is -1.97. The predicted octanol–water partition coefficient (Wildman–Crippen LogP) is 2.11. The molecule has 0 heterocycles. The second kappa shape index (κ2) is 9.18. The van der Waals surface area contributed by atoms with Crippen LogP contribution in [0.15, 0.2) is 0 Å². The molecule has 0 aromatic heterocycles. The quantitative estimate of drug-likeness (QED) is 0.409. The highest BCUT2D eigenvalue weighted by Crippen LogP contribution is 2.04. The highest BCUT2D eigenvalue weighted by atomic mass is 28.2. The first-order chi connectivity index (χ1) is 4.91. The molecule has 0 amide bonds. The van der Waals surface area contributed by atoms with Crippen LogP contribution < -0.4 is 0 Å². The smallest absolute Gasteiger partial charge is 0.161 e. The van der Waals surface area contributed by atoms with E-state index in [1.807, 2.05) is 7.11 Å². The zero-order valence-electron chi connectivity index (χ0n) is 7.36. The lowest BCUT2D eigenvalue weighted by Crippen LogP contribution is -1.91. The summed E-state index contributed by atoms with van der Waals surface area (Å²) in [5.74, 6) is 0. The average molecular weight is 160 g/mol. The third-order valence-electron chi connectivity index (χ3n) is 1.70. The van der Waals surface area contributed by atoms with E-state index in [1.165, 1.54) is 38.1 Å². The molecule has 0 fully saturated rings. The summed E-state index contributed by atoms with van der Waals surface area (Å²) in [5, 5.41) is 0. The van der Waals surface area contributed by atoms with Gasteiger partial charge in [-0.3, -0.25) is 0 Å². The van der Waals surface area contributed by atoms with Gasteiger partial charge in [0.05, 0.1) is 0 Å². The van der Waals surface area contributed by atoms with E-state index in [0.29, 0.717) is 0 Å². The van der Waals surface area contributed by atoms with Crippen molar-refractivity contribution in [1.29, 1.82) is 0 Å². The van der Waals surface area contributed by atoms with E-state index in [4.69, 9.17) is 4.43 Å². The van der Waals surface area contributed by atoms with Gasteiger partial charge in [0.2, 0.25) is 0 Å². The van der Waals surface area contributed by atoms with E-state index in [1.54, 1.807) is 0 Å². The first-order valence-electron chi connectivity index (χ1n) is 4.40. The molecule has 0 atom stereocenters. The summed E-state index contributed by atoms with van der Waals surface area (Å²) in [6, 6.07) is 1.38. The van der Waals surface area contributed by atoms with Crippen molar-refractivity contribution in [3.63, 3.8) is 0 Å². The van der Waals surface area contributed by atoms with E-state index < -0.39 is 0 Å². The fourth-order valence-corrected chi connectivity index (χ4v) is 1.87. The molecule has 0 aromatic rings. The monoisotopic (exact) mass is 160 g/mol. The van der Waals surface area contributed by atoms with Crippen LogP contribution in [0.3, 0.4) is 0 Å². The minimum Gasteiger partial charge on any atom is -0.427 e.